The highest BCUT2D eigenvalue weighted by molar-refractivity contribution is 5.77. The SMILES string of the molecule is Cn1c(=O)c2c(ncn2CCC(=O)NC2CC2)n(C)c1=O. The van der Waals surface area contributed by atoms with Crippen LogP contribution in [-0.4, -0.2) is 30.6 Å². The third kappa shape index (κ3) is 2.37. The minimum absolute atomic E-state index is 0.0269. The highest BCUT2D eigenvalue weighted by Gasteiger charge is 2.23. The summed E-state index contributed by atoms with van der Waals surface area (Å²) >= 11 is 0. The van der Waals surface area contributed by atoms with Crippen LogP contribution in [0.15, 0.2) is 15.9 Å². The van der Waals surface area contributed by atoms with E-state index in [9.17, 15) is 14.4 Å². The zero-order valence-corrected chi connectivity index (χ0v) is 12.0. The minimum Gasteiger partial charge on any atom is -0.353 e. The van der Waals surface area contributed by atoms with Gasteiger partial charge in [0.15, 0.2) is 11.2 Å². The number of aryl methyl sites for hydroxylation is 2. The van der Waals surface area contributed by atoms with E-state index in [4.69, 9.17) is 0 Å². The topological polar surface area (TPSA) is 90.9 Å². The van der Waals surface area contributed by atoms with Crippen molar-refractivity contribution in [3.63, 3.8) is 0 Å². The summed E-state index contributed by atoms with van der Waals surface area (Å²) in [7, 11) is 3.00. The summed E-state index contributed by atoms with van der Waals surface area (Å²) in [6, 6.07) is 0.325. The van der Waals surface area contributed by atoms with Gasteiger partial charge in [0.25, 0.3) is 5.56 Å². The summed E-state index contributed by atoms with van der Waals surface area (Å²) in [5, 5.41) is 2.90. The highest BCUT2D eigenvalue weighted by atomic mass is 16.2. The van der Waals surface area contributed by atoms with E-state index in [1.165, 1.54) is 17.9 Å². The Morgan fingerprint density at radius 3 is 2.71 bits per heavy atom. The number of nitrogens with one attached hydrogen (secondary N) is 1. The Labute approximate surface area is 120 Å². The molecule has 0 aromatic carbocycles. The average Bonchev–Trinajstić information content (AvgIpc) is 3.16. The van der Waals surface area contributed by atoms with Crippen molar-refractivity contribution in [1.82, 2.24) is 24.0 Å². The molecule has 1 aliphatic carbocycles. The number of imidazole rings is 1. The van der Waals surface area contributed by atoms with Crippen LogP contribution in [-0.2, 0) is 25.4 Å². The third-order valence-corrected chi connectivity index (χ3v) is 3.74. The number of carbonyl (C=O) groups is 1. The fourth-order valence-corrected chi connectivity index (χ4v) is 2.32. The Morgan fingerprint density at radius 2 is 2.05 bits per heavy atom. The molecule has 1 fully saturated rings. The molecule has 0 unspecified atom stereocenters. The molecule has 2 heterocycles. The van der Waals surface area contributed by atoms with Gasteiger partial charge in [-0.1, -0.05) is 0 Å². The number of hydrogen-bond donors (Lipinski definition) is 1. The quantitative estimate of drug-likeness (QED) is 0.790. The molecule has 0 radical (unpaired) electrons. The molecular weight excluding hydrogens is 274 g/mol. The fourth-order valence-electron chi connectivity index (χ4n) is 2.32. The molecule has 1 saturated carbocycles. The summed E-state index contributed by atoms with van der Waals surface area (Å²) < 4.78 is 4.01. The van der Waals surface area contributed by atoms with E-state index in [-0.39, 0.29) is 12.3 Å². The smallest absolute Gasteiger partial charge is 0.332 e. The van der Waals surface area contributed by atoms with Crippen LogP contribution < -0.4 is 16.6 Å². The Hall–Kier alpha value is -2.38. The molecule has 21 heavy (non-hydrogen) atoms. The largest absolute Gasteiger partial charge is 0.353 e. The summed E-state index contributed by atoms with van der Waals surface area (Å²) in [5.41, 5.74) is -0.123. The Morgan fingerprint density at radius 1 is 1.33 bits per heavy atom. The molecule has 8 nitrogen and oxygen atoms in total. The van der Waals surface area contributed by atoms with Crippen molar-refractivity contribution in [3.8, 4) is 0 Å². The molecule has 0 saturated heterocycles. The van der Waals surface area contributed by atoms with Crippen LogP contribution >= 0.6 is 0 Å². The van der Waals surface area contributed by atoms with Gasteiger partial charge in [0, 0.05) is 33.1 Å². The molecular formula is C13H17N5O3. The fraction of sp³-hybridized carbons (Fsp3) is 0.538. The van der Waals surface area contributed by atoms with Crippen LogP contribution in [0, 0.1) is 0 Å². The van der Waals surface area contributed by atoms with E-state index < -0.39 is 11.2 Å². The second-order valence-electron chi connectivity index (χ2n) is 5.41. The second kappa shape index (κ2) is 4.87. The van der Waals surface area contributed by atoms with Crippen molar-refractivity contribution in [1.29, 1.82) is 0 Å². The molecule has 2 aromatic rings. The summed E-state index contributed by atoms with van der Waals surface area (Å²) in [6.45, 7) is 0.364. The van der Waals surface area contributed by atoms with Gasteiger partial charge in [0.2, 0.25) is 5.91 Å². The number of fused-ring (bicyclic) bond motifs is 1. The molecule has 3 rings (SSSR count). The average molecular weight is 291 g/mol. The molecule has 1 N–H and O–H groups in total. The van der Waals surface area contributed by atoms with Crippen molar-refractivity contribution in [2.75, 3.05) is 0 Å². The zero-order chi connectivity index (χ0) is 15.1. The first-order valence-electron chi connectivity index (χ1n) is 6.89. The number of rotatable bonds is 4. The number of hydrogen-bond acceptors (Lipinski definition) is 4. The summed E-state index contributed by atoms with van der Waals surface area (Å²) in [6.07, 6.45) is 3.87. The van der Waals surface area contributed by atoms with Gasteiger partial charge in [-0.25, -0.2) is 9.78 Å². The van der Waals surface area contributed by atoms with Gasteiger partial charge in [-0.05, 0) is 12.8 Å². The Kier molecular flexibility index (Phi) is 3.15. The lowest BCUT2D eigenvalue weighted by Crippen LogP contribution is -2.37. The Bertz CT molecular complexity index is 825. The predicted octanol–water partition coefficient (Wildman–Crippen LogP) is -0.898. The van der Waals surface area contributed by atoms with Gasteiger partial charge in [0.05, 0.1) is 6.33 Å². The van der Waals surface area contributed by atoms with Gasteiger partial charge >= 0.3 is 5.69 Å². The lowest BCUT2D eigenvalue weighted by Gasteiger charge is -2.07. The first-order chi connectivity index (χ1) is 9.99. The van der Waals surface area contributed by atoms with E-state index in [0.717, 1.165) is 17.4 Å². The van der Waals surface area contributed by atoms with Crippen LogP contribution in [0.4, 0.5) is 0 Å². The van der Waals surface area contributed by atoms with Crippen LogP contribution in [0.25, 0.3) is 11.2 Å². The van der Waals surface area contributed by atoms with Gasteiger partial charge in [-0.3, -0.25) is 18.7 Å². The van der Waals surface area contributed by atoms with E-state index in [0.29, 0.717) is 23.8 Å². The molecule has 0 bridgehead atoms. The minimum atomic E-state index is -0.413. The summed E-state index contributed by atoms with van der Waals surface area (Å²) in [5.74, 6) is -0.0269. The first-order valence-corrected chi connectivity index (χ1v) is 6.89. The standard InChI is InChI=1S/C13H17N5O3/c1-16-11-10(12(20)17(2)13(16)21)18(7-14-11)6-5-9(19)15-8-3-4-8/h7-8H,3-6H2,1-2H3,(H,15,19). The number of amides is 1. The van der Waals surface area contributed by atoms with Crippen molar-refractivity contribution >= 4 is 17.1 Å². The van der Waals surface area contributed by atoms with Crippen molar-refractivity contribution < 1.29 is 4.79 Å². The van der Waals surface area contributed by atoms with Crippen molar-refractivity contribution in [2.24, 2.45) is 14.1 Å². The lowest BCUT2D eigenvalue weighted by molar-refractivity contribution is -0.121. The number of carbonyl (C=O) groups excluding carboxylic acids is 1. The van der Waals surface area contributed by atoms with Crippen LogP contribution in [0.5, 0.6) is 0 Å². The van der Waals surface area contributed by atoms with Crippen molar-refractivity contribution in [3.05, 3.63) is 27.2 Å². The van der Waals surface area contributed by atoms with E-state index >= 15 is 0 Å². The molecule has 0 aliphatic heterocycles. The maximum absolute atomic E-state index is 12.2. The van der Waals surface area contributed by atoms with Gasteiger partial charge in [-0.15, -0.1) is 0 Å². The highest BCUT2D eigenvalue weighted by Crippen LogP contribution is 2.18. The monoisotopic (exact) mass is 291 g/mol. The van der Waals surface area contributed by atoms with E-state index in [2.05, 4.69) is 10.3 Å². The number of aromatic nitrogens is 4. The molecule has 0 spiro atoms. The zero-order valence-electron chi connectivity index (χ0n) is 12.0. The van der Waals surface area contributed by atoms with Gasteiger partial charge in [0.1, 0.15) is 0 Å². The lowest BCUT2D eigenvalue weighted by atomic mass is 10.3. The van der Waals surface area contributed by atoms with E-state index in [1.807, 2.05) is 0 Å². The maximum atomic E-state index is 12.2. The molecule has 112 valence electrons. The van der Waals surface area contributed by atoms with Crippen LogP contribution in [0.3, 0.4) is 0 Å². The Balaban J connectivity index is 1.91. The number of nitrogens with zero attached hydrogens (tertiary/aromatic N) is 4. The third-order valence-electron chi connectivity index (χ3n) is 3.74. The second-order valence-corrected chi connectivity index (χ2v) is 5.41. The molecule has 1 amide bonds. The van der Waals surface area contributed by atoms with E-state index in [1.54, 1.807) is 11.6 Å². The van der Waals surface area contributed by atoms with Crippen LogP contribution in [0.2, 0.25) is 0 Å². The van der Waals surface area contributed by atoms with Gasteiger partial charge < -0.3 is 9.88 Å². The van der Waals surface area contributed by atoms with Crippen molar-refractivity contribution in [2.45, 2.75) is 31.8 Å². The van der Waals surface area contributed by atoms with Gasteiger partial charge in [-0.2, -0.15) is 0 Å². The van der Waals surface area contributed by atoms with Crippen LogP contribution in [0.1, 0.15) is 19.3 Å². The first kappa shape index (κ1) is 13.6. The normalized spacial score (nSPS) is 14.6. The molecule has 0 atom stereocenters. The molecule has 2 aromatic heterocycles. The maximum Gasteiger partial charge on any atom is 0.332 e. The molecule has 1 aliphatic rings. The predicted molar refractivity (Wildman–Crippen MR) is 76.0 cm³/mol. The molecule has 8 heteroatoms. The summed E-state index contributed by atoms with van der Waals surface area (Å²) in [4.78, 5) is 39.9.